The van der Waals surface area contributed by atoms with Crippen LogP contribution in [-0.2, 0) is 4.74 Å². The van der Waals surface area contributed by atoms with Gasteiger partial charge in [-0.05, 0) is 69.6 Å². The average Bonchev–Trinajstić information content (AvgIpc) is 2.92. The van der Waals surface area contributed by atoms with Crippen LogP contribution >= 0.6 is 11.6 Å². The van der Waals surface area contributed by atoms with Crippen molar-refractivity contribution in [2.45, 2.75) is 57.5 Å². The van der Waals surface area contributed by atoms with Crippen molar-refractivity contribution in [3.05, 3.63) is 34.6 Å². The molecule has 2 saturated heterocycles. The lowest BCUT2D eigenvalue weighted by Gasteiger charge is -2.38. The van der Waals surface area contributed by atoms with Gasteiger partial charge in [0.25, 0.3) is 5.91 Å². The fourth-order valence-electron chi connectivity index (χ4n) is 4.35. The van der Waals surface area contributed by atoms with Gasteiger partial charge in [-0.3, -0.25) is 4.79 Å². The molecule has 2 unspecified atom stereocenters. The molecule has 0 aromatic heterocycles. The van der Waals surface area contributed by atoms with E-state index < -0.39 is 5.82 Å². The van der Waals surface area contributed by atoms with E-state index in [0.29, 0.717) is 31.2 Å². The minimum atomic E-state index is -0.590. The predicted octanol–water partition coefficient (Wildman–Crippen LogP) is 4.39. The second-order valence-corrected chi connectivity index (χ2v) is 7.76. The Balaban J connectivity index is 1.41. The van der Waals surface area contributed by atoms with Crippen LogP contribution in [0.3, 0.4) is 0 Å². The molecule has 1 N–H and O–H groups in total. The first-order valence-electron chi connectivity index (χ1n) is 9.68. The lowest BCUT2D eigenvalue weighted by molar-refractivity contribution is 0.0588. The van der Waals surface area contributed by atoms with Gasteiger partial charge in [-0.15, -0.1) is 0 Å². The van der Waals surface area contributed by atoms with Crippen molar-refractivity contribution in [3.8, 4) is 0 Å². The Bertz CT molecular complexity index is 686. The molecule has 3 rings (SSSR count). The van der Waals surface area contributed by atoms with Crippen LogP contribution in [0.25, 0.3) is 0 Å². The van der Waals surface area contributed by atoms with Crippen LogP contribution in [0.4, 0.5) is 9.18 Å². The molecular weight excluding hydrogens is 371 g/mol. The summed E-state index contributed by atoms with van der Waals surface area (Å²) in [4.78, 5) is 26.1. The van der Waals surface area contributed by atoms with Crippen molar-refractivity contribution in [2.75, 3.05) is 13.2 Å². The highest BCUT2D eigenvalue weighted by atomic mass is 35.5. The van der Waals surface area contributed by atoms with Crippen molar-refractivity contribution >= 4 is 23.6 Å². The zero-order valence-electron chi connectivity index (χ0n) is 15.5. The van der Waals surface area contributed by atoms with Gasteiger partial charge in [-0.2, -0.15) is 0 Å². The Labute approximate surface area is 164 Å². The number of amides is 2. The third-order valence-corrected chi connectivity index (χ3v) is 5.87. The van der Waals surface area contributed by atoms with E-state index in [-0.39, 0.29) is 22.6 Å². The SMILES string of the molecule is CCOC(=O)N1C2CCC1CC(CCCNC(=O)c1ccc(Cl)c(F)c1)C2. The van der Waals surface area contributed by atoms with Crippen molar-refractivity contribution in [1.29, 1.82) is 0 Å². The van der Waals surface area contributed by atoms with Gasteiger partial charge in [-0.1, -0.05) is 11.6 Å². The summed E-state index contributed by atoms with van der Waals surface area (Å²) >= 11 is 5.64. The molecule has 2 bridgehead atoms. The van der Waals surface area contributed by atoms with Gasteiger partial charge in [-0.25, -0.2) is 9.18 Å². The van der Waals surface area contributed by atoms with Gasteiger partial charge in [0, 0.05) is 24.2 Å². The molecule has 2 aliphatic rings. The summed E-state index contributed by atoms with van der Waals surface area (Å²) < 4.78 is 18.6. The van der Waals surface area contributed by atoms with Gasteiger partial charge >= 0.3 is 6.09 Å². The van der Waals surface area contributed by atoms with Crippen LogP contribution in [-0.4, -0.2) is 42.1 Å². The van der Waals surface area contributed by atoms with Gasteiger partial charge in [0.1, 0.15) is 5.82 Å². The number of carbonyl (C=O) groups is 2. The Morgan fingerprint density at radius 3 is 2.63 bits per heavy atom. The highest BCUT2D eigenvalue weighted by Gasteiger charge is 2.43. The first kappa shape index (κ1) is 19.9. The van der Waals surface area contributed by atoms with Crippen molar-refractivity contribution in [3.63, 3.8) is 0 Å². The summed E-state index contributed by atoms with van der Waals surface area (Å²) in [6.45, 7) is 2.80. The molecule has 7 heteroatoms. The fourth-order valence-corrected chi connectivity index (χ4v) is 4.47. The molecule has 2 aliphatic heterocycles. The predicted molar refractivity (Wildman–Crippen MR) is 101 cm³/mol. The third kappa shape index (κ3) is 4.72. The van der Waals surface area contributed by atoms with Gasteiger partial charge in [0.05, 0.1) is 11.6 Å². The lowest BCUT2D eigenvalue weighted by Crippen LogP contribution is -2.46. The Morgan fingerprint density at radius 1 is 1.30 bits per heavy atom. The second kappa shape index (κ2) is 8.91. The molecule has 1 aromatic carbocycles. The minimum Gasteiger partial charge on any atom is -0.450 e. The Kier molecular flexibility index (Phi) is 6.58. The maximum absolute atomic E-state index is 13.4. The number of rotatable bonds is 6. The first-order chi connectivity index (χ1) is 13.0. The number of hydrogen-bond acceptors (Lipinski definition) is 3. The number of nitrogens with one attached hydrogen (secondary N) is 1. The number of nitrogens with zero attached hydrogens (tertiary/aromatic N) is 1. The minimum absolute atomic E-state index is 0.00957. The van der Waals surface area contributed by atoms with Crippen LogP contribution in [0.15, 0.2) is 18.2 Å². The van der Waals surface area contributed by atoms with Gasteiger partial charge < -0.3 is 15.0 Å². The number of hydrogen-bond donors (Lipinski definition) is 1. The van der Waals surface area contributed by atoms with Crippen molar-refractivity contribution < 1.29 is 18.7 Å². The van der Waals surface area contributed by atoms with E-state index in [1.807, 2.05) is 11.8 Å². The summed E-state index contributed by atoms with van der Waals surface area (Å²) in [6, 6.07) is 4.64. The normalized spacial score (nSPS) is 24.0. The van der Waals surface area contributed by atoms with E-state index in [4.69, 9.17) is 16.3 Å². The molecule has 0 radical (unpaired) electrons. The van der Waals surface area contributed by atoms with E-state index in [2.05, 4.69) is 5.32 Å². The van der Waals surface area contributed by atoms with Crippen LogP contribution < -0.4 is 5.32 Å². The smallest absolute Gasteiger partial charge is 0.410 e. The summed E-state index contributed by atoms with van der Waals surface area (Å²) in [6.07, 6.45) is 5.82. The fraction of sp³-hybridized carbons (Fsp3) is 0.600. The highest BCUT2D eigenvalue weighted by molar-refractivity contribution is 6.30. The summed E-state index contributed by atoms with van der Waals surface area (Å²) in [7, 11) is 0. The number of halogens is 2. The first-order valence-corrected chi connectivity index (χ1v) is 10.1. The maximum Gasteiger partial charge on any atom is 0.410 e. The van der Waals surface area contributed by atoms with Gasteiger partial charge in [0.15, 0.2) is 0 Å². The molecule has 0 saturated carbocycles. The molecule has 0 aliphatic carbocycles. The molecule has 5 nitrogen and oxygen atoms in total. The maximum atomic E-state index is 13.4. The van der Waals surface area contributed by atoms with E-state index in [1.54, 1.807) is 0 Å². The quantitative estimate of drug-likeness (QED) is 0.725. The lowest BCUT2D eigenvalue weighted by atomic mass is 9.87. The monoisotopic (exact) mass is 396 g/mol. The van der Waals surface area contributed by atoms with Crippen LogP contribution in [0.2, 0.25) is 5.02 Å². The average molecular weight is 397 g/mol. The zero-order chi connectivity index (χ0) is 19.4. The molecule has 27 heavy (non-hydrogen) atoms. The van der Waals surface area contributed by atoms with E-state index >= 15 is 0 Å². The molecular formula is C20H26ClFN2O3. The molecule has 1 aromatic rings. The number of fused-ring (bicyclic) bond motifs is 2. The molecule has 2 amide bonds. The Morgan fingerprint density at radius 2 is 2.00 bits per heavy atom. The summed E-state index contributed by atoms with van der Waals surface area (Å²) in [5.41, 5.74) is 0.276. The third-order valence-electron chi connectivity index (χ3n) is 5.57. The largest absolute Gasteiger partial charge is 0.450 e. The molecule has 2 fully saturated rings. The van der Waals surface area contributed by atoms with E-state index in [9.17, 15) is 14.0 Å². The standard InChI is InChI=1S/C20H26ClFN2O3/c1-2-27-20(26)24-15-6-7-16(24)11-13(10-15)4-3-9-23-19(25)14-5-8-17(21)18(22)12-14/h5,8,12-13,15-16H,2-4,6-7,9-11H2,1H3,(H,23,25). The van der Waals surface area contributed by atoms with E-state index in [0.717, 1.165) is 44.6 Å². The zero-order valence-corrected chi connectivity index (χ0v) is 16.3. The van der Waals surface area contributed by atoms with Crippen molar-refractivity contribution in [1.82, 2.24) is 10.2 Å². The molecule has 2 atom stereocenters. The summed E-state index contributed by atoms with van der Waals surface area (Å²) in [5, 5.41) is 2.84. The Hall–Kier alpha value is -1.82. The molecule has 0 spiro atoms. The second-order valence-electron chi connectivity index (χ2n) is 7.36. The van der Waals surface area contributed by atoms with Crippen LogP contribution in [0.5, 0.6) is 0 Å². The summed E-state index contributed by atoms with van der Waals surface area (Å²) in [5.74, 6) is -0.311. The van der Waals surface area contributed by atoms with Crippen LogP contribution in [0.1, 0.15) is 55.8 Å². The number of carbonyl (C=O) groups excluding carboxylic acids is 2. The molecule has 2 heterocycles. The van der Waals surface area contributed by atoms with Crippen LogP contribution in [0, 0.1) is 11.7 Å². The van der Waals surface area contributed by atoms with Crippen molar-refractivity contribution in [2.24, 2.45) is 5.92 Å². The highest BCUT2D eigenvalue weighted by Crippen LogP contribution is 2.40. The topological polar surface area (TPSA) is 58.6 Å². The van der Waals surface area contributed by atoms with E-state index in [1.165, 1.54) is 12.1 Å². The van der Waals surface area contributed by atoms with Gasteiger partial charge in [0.2, 0.25) is 0 Å². The number of piperidine rings is 1. The number of ether oxygens (including phenoxy) is 1. The molecule has 148 valence electrons. The number of benzene rings is 1.